The molecule has 94 valence electrons. The number of fused-ring (bicyclic) bond motifs is 1. The van der Waals surface area contributed by atoms with Crippen molar-refractivity contribution in [3.8, 4) is 5.75 Å². The number of methoxy groups -OCH3 is 1. The standard InChI is InChI=1S/C16H18O2/c1-5-12-6-7-14-11-15(9-8-13(14)10-12)18-16(2,3)17-4/h5-11H,1H2,2-4H3. The Morgan fingerprint density at radius 2 is 1.72 bits per heavy atom. The zero-order valence-electron chi connectivity index (χ0n) is 11.1. The van der Waals surface area contributed by atoms with Gasteiger partial charge in [0.2, 0.25) is 5.79 Å². The lowest BCUT2D eigenvalue weighted by atomic mass is 10.1. The van der Waals surface area contributed by atoms with Crippen LogP contribution in [-0.4, -0.2) is 12.9 Å². The highest BCUT2D eigenvalue weighted by Crippen LogP contribution is 2.25. The maximum absolute atomic E-state index is 5.77. The Bertz CT molecular complexity index is 570. The molecule has 18 heavy (non-hydrogen) atoms. The second kappa shape index (κ2) is 4.83. The number of rotatable bonds is 4. The van der Waals surface area contributed by atoms with Crippen molar-refractivity contribution in [2.45, 2.75) is 19.6 Å². The molecule has 0 aliphatic heterocycles. The minimum atomic E-state index is -0.616. The molecule has 0 fully saturated rings. The quantitative estimate of drug-likeness (QED) is 0.746. The zero-order chi connectivity index (χ0) is 13.2. The summed E-state index contributed by atoms with van der Waals surface area (Å²) < 4.78 is 11.0. The van der Waals surface area contributed by atoms with Crippen LogP contribution in [0.3, 0.4) is 0 Å². The topological polar surface area (TPSA) is 18.5 Å². The monoisotopic (exact) mass is 242 g/mol. The summed E-state index contributed by atoms with van der Waals surface area (Å²) in [5.74, 6) is 0.190. The SMILES string of the molecule is C=Cc1ccc2cc(OC(C)(C)OC)ccc2c1. The average Bonchev–Trinajstić information content (AvgIpc) is 2.37. The van der Waals surface area contributed by atoms with E-state index >= 15 is 0 Å². The molecule has 0 aromatic heterocycles. The van der Waals surface area contributed by atoms with E-state index in [9.17, 15) is 0 Å². The van der Waals surface area contributed by atoms with Crippen LogP contribution in [0, 0.1) is 0 Å². The maximum Gasteiger partial charge on any atom is 0.204 e. The molecule has 0 saturated heterocycles. The Labute approximate surface area is 108 Å². The van der Waals surface area contributed by atoms with Gasteiger partial charge in [-0.15, -0.1) is 0 Å². The largest absolute Gasteiger partial charge is 0.463 e. The average molecular weight is 242 g/mol. The van der Waals surface area contributed by atoms with E-state index in [1.165, 1.54) is 5.39 Å². The van der Waals surface area contributed by atoms with Crippen molar-refractivity contribution in [2.24, 2.45) is 0 Å². The van der Waals surface area contributed by atoms with Gasteiger partial charge in [0.25, 0.3) is 0 Å². The van der Waals surface area contributed by atoms with E-state index in [1.54, 1.807) is 7.11 Å². The third kappa shape index (κ3) is 2.71. The molecule has 2 rings (SSSR count). The molecule has 2 aromatic carbocycles. The van der Waals surface area contributed by atoms with Gasteiger partial charge in [-0.2, -0.15) is 0 Å². The summed E-state index contributed by atoms with van der Waals surface area (Å²) in [5, 5.41) is 2.32. The van der Waals surface area contributed by atoms with Crippen molar-refractivity contribution in [1.29, 1.82) is 0 Å². The third-order valence-electron chi connectivity index (χ3n) is 2.93. The van der Waals surface area contributed by atoms with Crippen LogP contribution >= 0.6 is 0 Å². The molecule has 0 heterocycles. The van der Waals surface area contributed by atoms with Gasteiger partial charge in [-0.3, -0.25) is 0 Å². The van der Waals surface area contributed by atoms with Crippen molar-refractivity contribution < 1.29 is 9.47 Å². The van der Waals surface area contributed by atoms with E-state index in [0.717, 1.165) is 16.7 Å². The third-order valence-corrected chi connectivity index (χ3v) is 2.93. The highest BCUT2D eigenvalue weighted by atomic mass is 16.7. The number of benzene rings is 2. The first-order valence-electron chi connectivity index (χ1n) is 5.94. The molecule has 0 atom stereocenters. The van der Waals surface area contributed by atoms with Gasteiger partial charge in [0.1, 0.15) is 5.75 Å². The number of ether oxygens (including phenoxy) is 2. The normalized spacial score (nSPS) is 11.5. The summed E-state index contributed by atoms with van der Waals surface area (Å²) in [6.07, 6.45) is 1.85. The first-order chi connectivity index (χ1) is 8.54. The van der Waals surface area contributed by atoms with Crippen LogP contribution in [0.25, 0.3) is 16.8 Å². The van der Waals surface area contributed by atoms with E-state index < -0.39 is 5.79 Å². The van der Waals surface area contributed by atoms with E-state index in [-0.39, 0.29) is 0 Å². The van der Waals surface area contributed by atoms with Crippen molar-refractivity contribution in [2.75, 3.05) is 7.11 Å². The highest BCUT2D eigenvalue weighted by Gasteiger charge is 2.17. The molecule has 0 radical (unpaired) electrons. The van der Waals surface area contributed by atoms with Crippen LogP contribution in [0.2, 0.25) is 0 Å². The molecule has 0 saturated carbocycles. The van der Waals surface area contributed by atoms with Gasteiger partial charge in [0.05, 0.1) is 0 Å². The van der Waals surface area contributed by atoms with Crippen LogP contribution in [0.4, 0.5) is 0 Å². The Morgan fingerprint density at radius 3 is 2.39 bits per heavy atom. The van der Waals surface area contributed by atoms with E-state index in [4.69, 9.17) is 9.47 Å². The van der Waals surface area contributed by atoms with E-state index in [2.05, 4.69) is 18.7 Å². The Kier molecular flexibility index (Phi) is 3.39. The van der Waals surface area contributed by atoms with Gasteiger partial charge >= 0.3 is 0 Å². The van der Waals surface area contributed by atoms with Crippen molar-refractivity contribution in [3.05, 3.63) is 48.5 Å². The highest BCUT2D eigenvalue weighted by molar-refractivity contribution is 5.85. The first-order valence-corrected chi connectivity index (χ1v) is 5.94. The molecule has 0 spiro atoms. The van der Waals surface area contributed by atoms with Crippen molar-refractivity contribution in [3.63, 3.8) is 0 Å². The molecule has 0 aliphatic carbocycles. The van der Waals surface area contributed by atoms with Gasteiger partial charge in [0.15, 0.2) is 0 Å². The predicted octanol–water partition coefficient (Wildman–Crippen LogP) is 4.24. The fourth-order valence-corrected chi connectivity index (χ4v) is 1.76. The lowest BCUT2D eigenvalue weighted by Crippen LogP contribution is -2.30. The van der Waals surface area contributed by atoms with Gasteiger partial charge in [0, 0.05) is 21.0 Å². The lowest BCUT2D eigenvalue weighted by Gasteiger charge is -2.24. The van der Waals surface area contributed by atoms with Crippen LogP contribution in [-0.2, 0) is 4.74 Å². The minimum absolute atomic E-state index is 0.616. The van der Waals surface area contributed by atoms with Crippen LogP contribution in [0.1, 0.15) is 19.4 Å². The smallest absolute Gasteiger partial charge is 0.204 e. The van der Waals surface area contributed by atoms with Crippen molar-refractivity contribution in [1.82, 2.24) is 0 Å². The molecule has 0 aliphatic rings. The molecule has 2 nitrogen and oxygen atoms in total. The van der Waals surface area contributed by atoms with Crippen LogP contribution < -0.4 is 4.74 Å². The van der Waals surface area contributed by atoms with Gasteiger partial charge in [-0.05, 0) is 34.5 Å². The number of hydrogen-bond donors (Lipinski definition) is 0. The van der Waals surface area contributed by atoms with Crippen molar-refractivity contribution >= 4 is 16.8 Å². The van der Waals surface area contributed by atoms with Crippen LogP contribution in [0.15, 0.2) is 43.0 Å². The molecule has 0 amide bonds. The summed E-state index contributed by atoms with van der Waals surface area (Å²) >= 11 is 0. The molecular formula is C16H18O2. The molecule has 2 heteroatoms. The minimum Gasteiger partial charge on any atom is -0.463 e. The Morgan fingerprint density at radius 1 is 1.06 bits per heavy atom. The fourth-order valence-electron chi connectivity index (χ4n) is 1.76. The zero-order valence-corrected chi connectivity index (χ0v) is 11.1. The van der Waals surface area contributed by atoms with E-state index in [1.807, 2.05) is 44.2 Å². The first kappa shape index (κ1) is 12.7. The summed E-state index contributed by atoms with van der Waals surface area (Å²) in [5.41, 5.74) is 1.12. The van der Waals surface area contributed by atoms with E-state index in [0.29, 0.717) is 0 Å². The molecule has 0 N–H and O–H groups in total. The van der Waals surface area contributed by atoms with Gasteiger partial charge in [-0.25, -0.2) is 0 Å². The molecule has 0 bridgehead atoms. The Hall–Kier alpha value is -1.80. The summed E-state index contributed by atoms with van der Waals surface area (Å²) in [6.45, 7) is 7.55. The maximum atomic E-state index is 5.77. The second-order valence-electron chi connectivity index (χ2n) is 4.68. The molecular weight excluding hydrogens is 224 g/mol. The molecule has 2 aromatic rings. The van der Waals surface area contributed by atoms with Crippen LogP contribution in [0.5, 0.6) is 5.75 Å². The summed E-state index contributed by atoms with van der Waals surface area (Å²) in [4.78, 5) is 0. The van der Waals surface area contributed by atoms with Gasteiger partial charge in [-0.1, -0.05) is 30.9 Å². The summed E-state index contributed by atoms with van der Waals surface area (Å²) in [7, 11) is 1.64. The predicted molar refractivity (Wildman–Crippen MR) is 75.8 cm³/mol. The number of hydrogen-bond acceptors (Lipinski definition) is 2. The summed E-state index contributed by atoms with van der Waals surface area (Å²) in [6, 6.07) is 12.2. The Balaban J connectivity index is 2.36. The van der Waals surface area contributed by atoms with Gasteiger partial charge < -0.3 is 9.47 Å². The lowest BCUT2D eigenvalue weighted by molar-refractivity contribution is -0.134. The second-order valence-corrected chi connectivity index (χ2v) is 4.68. The molecule has 0 unspecified atom stereocenters. The fraction of sp³-hybridized carbons (Fsp3) is 0.250.